The van der Waals surface area contributed by atoms with E-state index in [1.807, 2.05) is 0 Å². The highest BCUT2D eigenvalue weighted by Gasteiger charge is 2.61. The van der Waals surface area contributed by atoms with E-state index in [1.54, 1.807) is 34.6 Å². The number of esters is 3. The van der Waals surface area contributed by atoms with Gasteiger partial charge < -0.3 is 38.3 Å². The predicted molar refractivity (Wildman–Crippen MR) is 125 cm³/mol. The molecule has 0 bridgehead atoms. The molecule has 212 valence electrons. The number of rotatable bonds is 7. The fourth-order valence-electron chi connectivity index (χ4n) is 4.47. The quantitative estimate of drug-likeness (QED) is 0.370. The monoisotopic (exact) mass is 533 g/mol. The number of methoxy groups -OCH3 is 1. The largest absolute Gasteiger partial charge is 0.462 e. The molecule has 37 heavy (non-hydrogen) atoms. The van der Waals surface area contributed by atoms with Gasteiger partial charge in [-0.2, -0.15) is 0 Å². The van der Waals surface area contributed by atoms with Crippen LogP contribution in [0.15, 0.2) is 0 Å². The molecule has 0 spiro atoms. The van der Waals surface area contributed by atoms with E-state index < -0.39 is 78.2 Å². The molecule has 2 fully saturated rings. The minimum atomic E-state index is -2.15. The zero-order valence-corrected chi connectivity index (χ0v) is 22.9. The van der Waals surface area contributed by atoms with Gasteiger partial charge in [0.15, 0.2) is 18.5 Å². The SMILES string of the molecule is CO[C@H]1O[C@H]([C@H]2COC(C)(C)N2C(=O)OC(C)(C)C)C[C@@](O)([C@H](COC(C)=O)OC(C)=O)[C@H]1OC(C)=O. The van der Waals surface area contributed by atoms with Crippen molar-refractivity contribution >= 4 is 24.0 Å². The summed E-state index contributed by atoms with van der Waals surface area (Å²) in [5.41, 5.74) is -4.03. The summed E-state index contributed by atoms with van der Waals surface area (Å²) in [6, 6.07) is -0.779. The van der Waals surface area contributed by atoms with Crippen molar-refractivity contribution in [2.75, 3.05) is 20.3 Å². The summed E-state index contributed by atoms with van der Waals surface area (Å²) in [4.78, 5) is 50.0. The van der Waals surface area contributed by atoms with Gasteiger partial charge in [0, 0.05) is 34.3 Å². The zero-order chi connectivity index (χ0) is 28.3. The van der Waals surface area contributed by atoms with E-state index in [2.05, 4.69) is 0 Å². The standard InChI is InChI=1S/C24H39NO12/c1-13(26)32-12-18(34-14(2)27)24(30)10-17(36-20(31-9)19(24)35-15(3)28)16-11-33-23(7,8)25(16)21(29)37-22(4,5)6/h16-20,30H,10-12H2,1-9H3/t16-,17+,18+,19+,20+,24-/m1/s1. The van der Waals surface area contributed by atoms with Gasteiger partial charge in [0.05, 0.1) is 18.8 Å². The highest BCUT2D eigenvalue weighted by Crippen LogP contribution is 2.41. The van der Waals surface area contributed by atoms with Crippen LogP contribution >= 0.6 is 0 Å². The molecule has 13 heteroatoms. The number of amides is 1. The number of hydrogen-bond acceptors (Lipinski definition) is 12. The molecule has 6 atom stereocenters. The van der Waals surface area contributed by atoms with Crippen LogP contribution < -0.4 is 0 Å². The Hall–Kier alpha value is -2.48. The molecule has 0 unspecified atom stereocenters. The minimum absolute atomic E-state index is 0.0177. The van der Waals surface area contributed by atoms with Gasteiger partial charge in [-0.3, -0.25) is 19.3 Å². The first-order chi connectivity index (χ1) is 16.9. The van der Waals surface area contributed by atoms with Crippen LogP contribution in [0.25, 0.3) is 0 Å². The second-order valence-corrected chi connectivity index (χ2v) is 10.6. The second-order valence-electron chi connectivity index (χ2n) is 10.6. The molecule has 0 aromatic heterocycles. The molecule has 2 aliphatic heterocycles. The van der Waals surface area contributed by atoms with Gasteiger partial charge in [0.2, 0.25) is 0 Å². The molecular weight excluding hydrogens is 494 g/mol. The Bertz CT molecular complexity index is 868. The van der Waals surface area contributed by atoms with Crippen LogP contribution in [0.2, 0.25) is 0 Å². The van der Waals surface area contributed by atoms with Crippen molar-refractivity contribution in [3.8, 4) is 0 Å². The average molecular weight is 534 g/mol. The molecule has 0 saturated carbocycles. The maximum absolute atomic E-state index is 13.2. The number of carbonyl (C=O) groups excluding carboxylic acids is 4. The molecule has 0 radical (unpaired) electrons. The Labute approximate surface area is 216 Å². The summed E-state index contributed by atoms with van der Waals surface area (Å²) in [6.45, 7) is 11.4. The molecule has 1 amide bonds. The number of aliphatic hydroxyl groups is 1. The van der Waals surface area contributed by atoms with Crippen molar-refractivity contribution in [2.24, 2.45) is 0 Å². The normalized spacial score (nSPS) is 30.3. The number of nitrogens with zero attached hydrogens (tertiary/aromatic N) is 1. The molecule has 0 aromatic rings. The highest BCUT2D eigenvalue weighted by molar-refractivity contribution is 5.70. The Morgan fingerprint density at radius 3 is 2.19 bits per heavy atom. The van der Waals surface area contributed by atoms with Gasteiger partial charge in [-0.25, -0.2) is 4.79 Å². The Morgan fingerprint density at radius 1 is 1.08 bits per heavy atom. The molecule has 2 heterocycles. The lowest BCUT2D eigenvalue weighted by atomic mass is 9.80. The van der Waals surface area contributed by atoms with Crippen LogP contribution in [-0.2, 0) is 47.5 Å². The molecule has 0 aromatic carbocycles. The third kappa shape index (κ3) is 7.53. The fourth-order valence-corrected chi connectivity index (χ4v) is 4.47. The first-order valence-corrected chi connectivity index (χ1v) is 12.0. The molecule has 1 N–H and O–H groups in total. The lowest BCUT2D eigenvalue weighted by molar-refractivity contribution is -0.316. The molecule has 2 aliphatic rings. The summed E-state index contributed by atoms with van der Waals surface area (Å²) < 4.78 is 38.7. The van der Waals surface area contributed by atoms with E-state index in [4.69, 9.17) is 33.2 Å². The smallest absolute Gasteiger partial charge is 0.412 e. The lowest BCUT2D eigenvalue weighted by Gasteiger charge is -2.50. The van der Waals surface area contributed by atoms with Crippen molar-refractivity contribution in [2.45, 2.75) is 109 Å². The molecule has 2 rings (SSSR count). The van der Waals surface area contributed by atoms with Gasteiger partial charge in [-0.05, 0) is 34.6 Å². The van der Waals surface area contributed by atoms with Gasteiger partial charge in [-0.1, -0.05) is 0 Å². The van der Waals surface area contributed by atoms with Crippen molar-refractivity contribution in [3.05, 3.63) is 0 Å². The van der Waals surface area contributed by atoms with E-state index in [1.165, 1.54) is 12.0 Å². The molecule has 2 saturated heterocycles. The Balaban J connectivity index is 2.53. The topological polar surface area (TPSA) is 156 Å². The Kier molecular flexibility index (Phi) is 9.56. The van der Waals surface area contributed by atoms with Crippen molar-refractivity contribution in [3.63, 3.8) is 0 Å². The van der Waals surface area contributed by atoms with Crippen LogP contribution in [-0.4, -0.2) is 102 Å². The van der Waals surface area contributed by atoms with Crippen LogP contribution in [0.5, 0.6) is 0 Å². The number of carbonyl (C=O) groups is 4. The van der Waals surface area contributed by atoms with E-state index >= 15 is 0 Å². The van der Waals surface area contributed by atoms with Crippen LogP contribution in [0, 0.1) is 0 Å². The maximum atomic E-state index is 13.2. The summed E-state index contributed by atoms with van der Waals surface area (Å²) in [5.74, 6) is -2.22. The van der Waals surface area contributed by atoms with E-state index in [0.29, 0.717) is 0 Å². The Morgan fingerprint density at radius 2 is 1.70 bits per heavy atom. The van der Waals surface area contributed by atoms with E-state index in [0.717, 1.165) is 20.8 Å². The number of ether oxygens (including phenoxy) is 7. The molecule has 0 aliphatic carbocycles. The molecule has 13 nitrogen and oxygen atoms in total. The first kappa shape index (κ1) is 30.7. The van der Waals surface area contributed by atoms with Crippen LogP contribution in [0.1, 0.15) is 61.8 Å². The number of hydrogen-bond donors (Lipinski definition) is 1. The van der Waals surface area contributed by atoms with E-state index in [-0.39, 0.29) is 13.0 Å². The zero-order valence-electron chi connectivity index (χ0n) is 22.9. The van der Waals surface area contributed by atoms with Crippen molar-refractivity contribution in [1.82, 2.24) is 4.90 Å². The second kappa shape index (κ2) is 11.5. The van der Waals surface area contributed by atoms with Gasteiger partial charge >= 0.3 is 24.0 Å². The van der Waals surface area contributed by atoms with Crippen LogP contribution in [0.4, 0.5) is 4.79 Å². The third-order valence-electron chi connectivity index (χ3n) is 5.94. The first-order valence-electron chi connectivity index (χ1n) is 12.0. The maximum Gasteiger partial charge on any atom is 0.412 e. The summed E-state index contributed by atoms with van der Waals surface area (Å²) in [7, 11) is 1.28. The summed E-state index contributed by atoms with van der Waals surface area (Å²) in [5, 5.41) is 12.0. The lowest BCUT2D eigenvalue weighted by Crippen LogP contribution is -2.68. The minimum Gasteiger partial charge on any atom is -0.462 e. The van der Waals surface area contributed by atoms with Gasteiger partial charge in [0.1, 0.15) is 23.5 Å². The predicted octanol–water partition coefficient (Wildman–Crippen LogP) is 1.28. The average Bonchev–Trinajstić information content (AvgIpc) is 3.05. The fraction of sp³-hybridized carbons (Fsp3) is 0.833. The van der Waals surface area contributed by atoms with E-state index in [9.17, 15) is 24.3 Å². The summed E-state index contributed by atoms with van der Waals surface area (Å²) in [6.07, 6.45) is -6.23. The highest BCUT2D eigenvalue weighted by atomic mass is 16.7. The molecular formula is C24H39NO12. The third-order valence-corrected chi connectivity index (χ3v) is 5.94. The van der Waals surface area contributed by atoms with Crippen molar-refractivity contribution < 1.29 is 57.4 Å². The van der Waals surface area contributed by atoms with Gasteiger partial charge in [-0.15, -0.1) is 0 Å². The van der Waals surface area contributed by atoms with Crippen LogP contribution in [0.3, 0.4) is 0 Å². The van der Waals surface area contributed by atoms with Gasteiger partial charge in [0.25, 0.3) is 0 Å². The van der Waals surface area contributed by atoms with Crippen molar-refractivity contribution in [1.29, 1.82) is 0 Å². The summed E-state index contributed by atoms with van der Waals surface area (Å²) >= 11 is 0.